The van der Waals surface area contributed by atoms with Crippen LogP contribution in [-0.4, -0.2) is 41.0 Å². The molecule has 1 amide bonds. The molecule has 1 aromatic carbocycles. The molecule has 5 nitrogen and oxygen atoms in total. The summed E-state index contributed by atoms with van der Waals surface area (Å²) in [5.41, 5.74) is 0.970. The smallest absolute Gasteiger partial charge is 0.258 e. The summed E-state index contributed by atoms with van der Waals surface area (Å²) in [5.74, 6) is 0.409. The SMILES string of the molecule is CC(C)(C)c1ccccc1OCC(=O)N[C@@H]1CCC[C@@H](O)[C@@H]1O. The Hall–Kier alpha value is -1.59. The minimum atomic E-state index is -0.908. The number of aliphatic hydroxyl groups excluding tert-OH is 2. The van der Waals surface area contributed by atoms with Crippen molar-refractivity contribution in [1.82, 2.24) is 5.32 Å². The lowest BCUT2D eigenvalue weighted by molar-refractivity contribution is -0.126. The molecule has 0 saturated heterocycles. The van der Waals surface area contributed by atoms with Crippen LogP contribution in [0.25, 0.3) is 0 Å². The Morgan fingerprint density at radius 1 is 1.26 bits per heavy atom. The van der Waals surface area contributed by atoms with Gasteiger partial charge >= 0.3 is 0 Å². The average molecular weight is 321 g/mol. The van der Waals surface area contributed by atoms with Crippen LogP contribution in [-0.2, 0) is 10.2 Å². The fraction of sp³-hybridized carbons (Fsp3) is 0.611. The van der Waals surface area contributed by atoms with Gasteiger partial charge in [-0.2, -0.15) is 0 Å². The average Bonchev–Trinajstić information content (AvgIpc) is 2.49. The van der Waals surface area contributed by atoms with E-state index in [1.807, 2.05) is 24.3 Å². The number of rotatable bonds is 4. The summed E-state index contributed by atoms with van der Waals surface area (Å²) in [5, 5.41) is 22.3. The molecule has 0 aromatic heterocycles. The Bertz CT molecular complexity index is 538. The van der Waals surface area contributed by atoms with Crippen molar-refractivity contribution in [1.29, 1.82) is 0 Å². The minimum Gasteiger partial charge on any atom is -0.483 e. The minimum absolute atomic E-state index is 0.0727. The molecule has 0 bridgehead atoms. The number of hydrogen-bond acceptors (Lipinski definition) is 4. The molecule has 1 aromatic rings. The molecule has 0 radical (unpaired) electrons. The van der Waals surface area contributed by atoms with Crippen molar-refractivity contribution in [3.8, 4) is 5.75 Å². The van der Waals surface area contributed by atoms with E-state index in [0.29, 0.717) is 18.6 Å². The molecular weight excluding hydrogens is 294 g/mol. The molecule has 0 aliphatic heterocycles. The Labute approximate surface area is 137 Å². The molecule has 128 valence electrons. The maximum Gasteiger partial charge on any atom is 0.258 e. The Morgan fingerprint density at radius 2 is 1.96 bits per heavy atom. The van der Waals surface area contributed by atoms with Crippen molar-refractivity contribution in [3.63, 3.8) is 0 Å². The third kappa shape index (κ3) is 4.69. The Kier molecular flexibility index (Phi) is 5.65. The van der Waals surface area contributed by atoms with Crippen molar-refractivity contribution < 1.29 is 19.7 Å². The van der Waals surface area contributed by atoms with Gasteiger partial charge in [0.25, 0.3) is 5.91 Å². The third-order valence-corrected chi connectivity index (χ3v) is 4.22. The summed E-state index contributed by atoms with van der Waals surface area (Å²) in [4.78, 5) is 12.1. The van der Waals surface area contributed by atoms with Crippen LogP contribution in [0.15, 0.2) is 24.3 Å². The standard InChI is InChI=1S/C18H27NO4/c1-18(2,3)12-7-4-5-10-15(12)23-11-16(21)19-13-8-6-9-14(20)17(13)22/h4-5,7,10,13-14,17,20,22H,6,8-9,11H2,1-3H3,(H,19,21)/t13-,14-,17-/m1/s1. The molecule has 3 N–H and O–H groups in total. The highest BCUT2D eigenvalue weighted by molar-refractivity contribution is 5.78. The largest absolute Gasteiger partial charge is 0.483 e. The van der Waals surface area contributed by atoms with E-state index >= 15 is 0 Å². The van der Waals surface area contributed by atoms with Crippen molar-refractivity contribution in [2.45, 2.75) is 63.7 Å². The van der Waals surface area contributed by atoms with E-state index in [-0.39, 0.29) is 17.9 Å². The highest BCUT2D eigenvalue weighted by Gasteiger charge is 2.31. The van der Waals surface area contributed by atoms with Crippen molar-refractivity contribution in [2.75, 3.05) is 6.61 Å². The van der Waals surface area contributed by atoms with Crippen LogP contribution in [0.2, 0.25) is 0 Å². The first-order valence-corrected chi connectivity index (χ1v) is 8.17. The lowest BCUT2D eigenvalue weighted by Crippen LogP contribution is -2.52. The van der Waals surface area contributed by atoms with Crippen molar-refractivity contribution >= 4 is 5.91 Å². The van der Waals surface area contributed by atoms with Gasteiger partial charge in [0.1, 0.15) is 5.75 Å². The number of para-hydroxylation sites is 1. The van der Waals surface area contributed by atoms with Crippen LogP contribution in [0.4, 0.5) is 0 Å². The van der Waals surface area contributed by atoms with Crippen LogP contribution in [0.5, 0.6) is 5.75 Å². The summed E-state index contributed by atoms with van der Waals surface area (Å²) in [6.07, 6.45) is 0.355. The predicted octanol–water partition coefficient (Wildman–Crippen LogP) is 1.75. The number of aliphatic hydroxyl groups is 2. The quantitative estimate of drug-likeness (QED) is 0.789. The first-order chi connectivity index (χ1) is 10.8. The van der Waals surface area contributed by atoms with E-state index in [0.717, 1.165) is 12.0 Å². The van der Waals surface area contributed by atoms with Gasteiger partial charge in [-0.05, 0) is 36.3 Å². The summed E-state index contributed by atoms with van der Waals surface area (Å²) in [6.45, 7) is 6.17. The Balaban J connectivity index is 1.92. The summed E-state index contributed by atoms with van der Waals surface area (Å²) in [6, 6.07) is 7.27. The molecule has 1 saturated carbocycles. The number of carbonyl (C=O) groups excluding carboxylic acids is 1. The highest BCUT2D eigenvalue weighted by Crippen LogP contribution is 2.30. The number of benzene rings is 1. The maximum atomic E-state index is 12.1. The highest BCUT2D eigenvalue weighted by atomic mass is 16.5. The number of nitrogens with one attached hydrogen (secondary N) is 1. The van der Waals surface area contributed by atoms with E-state index in [9.17, 15) is 15.0 Å². The van der Waals surface area contributed by atoms with Crippen LogP contribution < -0.4 is 10.1 Å². The molecule has 1 fully saturated rings. The molecule has 23 heavy (non-hydrogen) atoms. The second-order valence-corrected chi connectivity index (χ2v) is 7.20. The molecule has 1 aliphatic carbocycles. The number of carbonyl (C=O) groups is 1. The van der Waals surface area contributed by atoms with Crippen LogP contribution in [0.1, 0.15) is 45.6 Å². The van der Waals surface area contributed by atoms with Gasteiger partial charge < -0.3 is 20.3 Å². The zero-order chi connectivity index (χ0) is 17.0. The molecule has 1 aliphatic rings. The second kappa shape index (κ2) is 7.32. The molecule has 5 heteroatoms. The third-order valence-electron chi connectivity index (χ3n) is 4.22. The lowest BCUT2D eigenvalue weighted by atomic mass is 9.86. The van der Waals surface area contributed by atoms with Crippen LogP contribution >= 0.6 is 0 Å². The number of hydrogen-bond donors (Lipinski definition) is 3. The topological polar surface area (TPSA) is 78.8 Å². The van der Waals surface area contributed by atoms with Crippen LogP contribution in [0.3, 0.4) is 0 Å². The van der Waals surface area contributed by atoms with E-state index in [1.54, 1.807) is 0 Å². The van der Waals surface area contributed by atoms with Crippen LogP contribution in [0, 0.1) is 0 Å². The van der Waals surface area contributed by atoms with E-state index in [1.165, 1.54) is 0 Å². The second-order valence-electron chi connectivity index (χ2n) is 7.20. The first-order valence-electron chi connectivity index (χ1n) is 8.17. The normalized spacial score (nSPS) is 25.0. The summed E-state index contributed by atoms with van der Waals surface area (Å²) in [7, 11) is 0. The van der Waals surface area contributed by atoms with E-state index in [2.05, 4.69) is 26.1 Å². The predicted molar refractivity (Wildman–Crippen MR) is 88.4 cm³/mol. The fourth-order valence-electron chi connectivity index (χ4n) is 2.92. The van der Waals surface area contributed by atoms with E-state index < -0.39 is 18.2 Å². The summed E-state index contributed by atoms with van der Waals surface area (Å²) < 4.78 is 5.67. The Morgan fingerprint density at radius 3 is 2.65 bits per heavy atom. The molecular formula is C18H27NO4. The van der Waals surface area contributed by atoms with Gasteiger partial charge in [-0.3, -0.25) is 4.79 Å². The molecule has 0 heterocycles. The monoisotopic (exact) mass is 321 g/mol. The zero-order valence-corrected chi connectivity index (χ0v) is 14.1. The van der Waals surface area contributed by atoms with Gasteiger partial charge in [-0.25, -0.2) is 0 Å². The zero-order valence-electron chi connectivity index (χ0n) is 14.1. The molecule has 0 spiro atoms. The summed E-state index contributed by atoms with van der Waals surface area (Å²) >= 11 is 0. The van der Waals surface area contributed by atoms with Crippen molar-refractivity contribution in [2.24, 2.45) is 0 Å². The lowest BCUT2D eigenvalue weighted by Gasteiger charge is -2.32. The number of amides is 1. The molecule has 3 atom stereocenters. The van der Waals surface area contributed by atoms with Gasteiger partial charge in [-0.15, -0.1) is 0 Å². The van der Waals surface area contributed by atoms with Gasteiger partial charge in [0.2, 0.25) is 0 Å². The number of ether oxygens (including phenoxy) is 1. The fourth-order valence-corrected chi connectivity index (χ4v) is 2.92. The van der Waals surface area contributed by atoms with E-state index in [4.69, 9.17) is 4.74 Å². The van der Waals surface area contributed by atoms with Gasteiger partial charge in [-0.1, -0.05) is 39.0 Å². The van der Waals surface area contributed by atoms with Crippen molar-refractivity contribution in [3.05, 3.63) is 29.8 Å². The molecule has 0 unspecified atom stereocenters. The molecule has 2 rings (SSSR count). The first kappa shape index (κ1) is 17.8. The van der Waals surface area contributed by atoms with Gasteiger partial charge in [0, 0.05) is 0 Å². The van der Waals surface area contributed by atoms with Gasteiger partial charge in [0.15, 0.2) is 6.61 Å². The maximum absolute atomic E-state index is 12.1. The van der Waals surface area contributed by atoms with Gasteiger partial charge in [0.05, 0.1) is 18.2 Å².